The second-order valence-corrected chi connectivity index (χ2v) is 4.22. The molecule has 1 aliphatic carbocycles. The van der Waals surface area contributed by atoms with Gasteiger partial charge in [0.25, 0.3) is 0 Å². The molecule has 0 radical (unpaired) electrons. The number of hydrogen-bond donors (Lipinski definition) is 0. The monoisotopic (exact) mass is 190 g/mol. The lowest BCUT2D eigenvalue weighted by Crippen LogP contribution is -1.96. The number of rotatable bonds is 1. The van der Waals surface area contributed by atoms with Crippen molar-refractivity contribution in [2.75, 3.05) is 0 Å². The van der Waals surface area contributed by atoms with Crippen molar-refractivity contribution in [2.45, 2.75) is 18.9 Å². The van der Waals surface area contributed by atoms with E-state index in [-0.39, 0.29) is 0 Å². The first-order valence-electron chi connectivity index (χ1n) is 4.58. The third-order valence-electron chi connectivity index (χ3n) is 2.57. The molecule has 1 aromatic heterocycles. The molecule has 0 spiro atoms. The molecule has 0 N–H and O–H groups in total. The maximum atomic E-state index is 4.42. The lowest BCUT2D eigenvalue weighted by Gasteiger charge is -2.00. The zero-order valence-electron chi connectivity index (χ0n) is 7.27. The smallest absolute Gasteiger partial charge is 0.0691 e. The minimum absolute atomic E-state index is 0.671. The molecule has 1 aliphatic rings. The van der Waals surface area contributed by atoms with E-state index in [9.17, 15) is 0 Å². The average Bonchev–Trinajstić information content (AvgIpc) is 2.87. The highest BCUT2D eigenvalue weighted by Gasteiger charge is 2.25. The fourth-order valence-corrected chi connectivity index (χ4v) is 2.04. The van der Waals surface area contributed by atoms with Crippen molar-refractivity contribution in [3.05, 3.63) is 24.4 Å². The Morgan fingerprint density at radius 3 is 3.00 bits per heavy atom. The van der Waals surface area contributed by atoms with Crippen LogP contribution in [-0.2, 0) is 0 Å². The first-order chi connectivity index (χ1) is 6.36. The largest absolute Gasteiger partial charge is 0.262 e. The maximum Gasteiger partial charge on any atom is 0.0691 e. The Morgan fingerprint density at radius 1 is 1.38 bits per heavy atom. The van der Waals surface area contributed by atoms with Crippen molar-refractivity contribution in [3.63, 3.8) is 0 Å². The summed E-state index contributed by atoms with van der Waals surface area (Å²) >= 11 is 0. The summed E-state index contributed by atoms with van der Waals surface area (Å²) in [4.78, 5) is 0. The standard InChI is InChI=1S/C10H11N2P/c13-10-3-1-2-9-8(10)6-11-12(9)7-4-5-7/h1-3,6-7H,4-5,13H2. The second-order valence-electron chi connectivity index (χ2n) is 3.60. The van der Waals surface area contributed by atoms with Crippen LogP contribution in [0.5, 0.6) is 0 Å². The Kier molecular flexibility index (Phi) is 1.48. The zero-order chi connectivity index (χ0) is 8.84. The van der Waals surface area contributed by atoms with Crippen LogP contribution in [0.3, 0.4) is 0 Å². The van der Waals surface area contributed by atoms with E-state index < -0.39 is 0 Å². The minimum atomic E-state index is 0.671. The van der Waals surface area contributed by atoms with Crippen LogP contribution in [0, 0.1) is 0 Å². The lowest BCUT2D eigenvalue weighted by molar-refractivity contribution is 0.665. The summed E-state index contributed by atoms with van der Waals surface area (Å²) < 4.78 is 2.16. The van der Waals surface area contributed by atoms with Crippen molar-refractivity contribution >= 4 is 25.4 Å². The van der Waals surface area contributed by atoms with E-state index in [1.807, 2.05) is 6.20 Å². The van der Waals surface area contributed by atoms with E-state index in [0.717, 1.165) is 0 Å². The first-order valence-corrected chi connectivity index (χ1v) is 5.16. The highest BCUT2D eigenvalue weighted by molar-refractivity contribution is 7.28. The fourth-order valence-electron chi connectivity index (χ4n) is 1.70. The number of hydrogen-bond acceptors (Lipinski definition) is 1. The number of nitrogens with zero attached hydrogens (tertiary/aromatic N) is 2. The van der Waals surface area contributed by atoms with E-state index in [0.29, 0.717) is 6.04 Å². The molecule has 0 amide bonds. The summed E-state index contributed by atoms with van der Waals surface area (Å²) in [5.41, 5.74) is 1.27. The van der Waals surface area contributed by atoms with Gasteiger partial charge in [-0.15, -0.1) is 9.24 Å². The summed E-state index contributed by atoms with van der Waals surface area (Å²) in [5, 5.41) is 6.93. The molecule has 3 rings (SSSR count). The first kappa shape index (κ1) is 7.52. The Hall–Kier alpha value is -0.880. The highest BCUT2D eigenvalue weighted by atomic mass is 31.0. The summed E-state index contributed by atoms with van der Waals surface area (Å²) in [6, 6.07) is 7.01. The van der Waals surface area contributed by atoms with Gasteiger partial charge >= 0.3 is 0 Å². The summed E-state index contributed by atoms with van der Waals surface area (Å²) in [6.07, 6.45) is 4.55. The van der Waals surface area contributed by atoms with E-state index in [4.69, 9.17) is 0 Å². The van der Waals surface area contributed by atoms with Crippen molar-refractivity contribution in [1.29, 1.82) is 0 Å². The van der Waals surface area contributed by atoms with Gasteiger partial charge in [0.15, 0.2) is 0 Å². The average molecular weight is 190 g/mol. The molecule has 66 valence electrons. The Labute approximate surface area is 79.1 Å². The van der Waals surface area contributed by atoms with Crippen LogP contribution >= 0.6 is 9.24 Å². The van der Waals surface area contributed by atoms with E-state index in [2.05, 4.69) is 37.2 Å². The molecule has 0 bridgehead atoms. The Bertz CT molecular complexity index is 457. The van der Waals surface area contributed by atoms with Crippen LogP contribution in [0.1, 0.15) is 18.9 Å². The molecule has 2 nitrogen and oxygen atoms in total. The molecule has 1 atom stereocenters. The molecular weight excluding hydrogens is 179 g/mol. The van der Waals surface area contributed by atoms with Gasteiger partial charge in [-0.2, -0.15) is 5.10 Å². The van der Waals surface area contributed by atoms with Gasteiger partial charge < -0.3 is 0 Å². The van der Waals surface area contributed by atoms with Crippen LogP contribution < -0.4 is 5.30 Å². The summed E-state index contributed by atoms with van der Waals surface area (Å²) in [7, 11) is 2.76. The predicted molar refractivity (Wildman–Crippen MR) is 57.3 cm³/mol. The number of benzene rings is 1. The summed E-state index contributed by atoms with van der Waals surface area (Å²) in [5.74, 6) is 0. The normalized spacial score (nSPS) is 16.7. The van der Waals surface area contributed by atoms with Crippen molar-refractivity contribution in [3.8, 4) is 0 Å². The summed E-state index contributed by atoms with van der Waals surface area (Å²) in [6.45, 7) is 0. The van der Waals surface area contributed by atoms with Gasteiger partial charge in [-0.25, -0.2) is 0 Å². The Balaban J connectivity index is 2.32. The number of fused-ring (bicyclic) bond motifs is 1. The molecule has 1 aromatic carbocycles. The molecule has 2 aromatic rings. The van der Waals surface area contributed by atoms with Crippen LogP contribution in [0.4, 0.5) is 0 Å². The third-order valence-corrected chi connectivity index (χ3v) is 3.07. The van der Waals surface area contributed by atoms with E-state index in [1.54, 1.807) is 0 Å². The molecule has 1 heterocycles. The maximum absolute atomic E-state index is 4.42. The quantitative estimate of drug-likeness (QED) is 0.628. The van der Waals surface area contributed by atoms with Crippen molar-refractivity contribution < 1.29 is 0 Å². The van der Waals surface area contributed by atoms with Gasteiger partial charge in [0.2, 0.25) is 0 Å². The van der Waals surface area contributed by atoms with Crippen LogP contribution in [-0.4, -0.2) is 9.78 Å². The van der Waals surface area contributed by atoms with Gasteiger partial charge in [0, 0.05) is 5.39 Å². The minimum Gasteiger partial charge on any atom is -0.262 e. The van der Waals surface area contributed by atoms with Crippen LogP contribution in [0.25, 0.3) is 10.9 Å². The lowest BCUT2D eigenvalue weighted by atomic mass is 10.2. The van der Waals surface area contributed by atoms with Crippen molar-refractivity contribution in [2.24, 2.45) is 0 Å². The van der Waals surface area contributed by atoms with Crippen LogP contribution in [0.2, 0.25) is 0 Å². The van der Waals surface area contributed by atoms with E-state index >= 15 is 0 Å². The van der Waals surface area contributed by atoms with E-state index in [1.165, 1.54) is 29.0 Å². The molecule has 0 aliphatic heterocycles. The molecule has 1 saturated carbocycles. The predicted octanol–water partition coefficient (Wildman–Crippen LogP) is 1.87. The highest BCUT2D eigenvalue weighted by Crippen LogP contribution is 2.36. The van der Waals surface area contributed by atoms with Crippen LogP contribution in [0.15, 0.2) is 24.4 Å². The molecule has 1 unspecified atom stereocenters. The topological polar surface area (TPSA) is 17.8 Å². The second kappa shape index (κ2) is 2.55. The van der Waals surface area contributed by atoms with Gasteiger partial charge in [0.1, 0.15) is 0 Å². The van der Waals surface area contributed by atoms with Gasteiger partial charge in [-0.3, -0.25) is 4.68 Å². The van der Waals surface area contributed by atoms with Gasteiger partial charge in [-0.05, 0) is 24.2 Å². The molecule has 13 heavy (non-hydrogen) atoms. The Morgan fingerprint density at radius 2 is 2.23 bits per heavy atom. The number of aromatic nitrogens is 2. The molecule has 1 fully saturated rings. The third kappa shape index (κ3) is 1.09. The van der Waals surface area contributed by atoms with Crippen molar-refractivity contribution in [1.82, 2.24) is 9.78 Å². The molecular formula is C10H11N2P. The van der Waals surface area contributed by atoms with Gasteiger partial charge in [-0.1, -0.05) is 12.1 Å². The molecule has 3 heteroatoms. The fraction of sp³-hybridized carbons (Fsp3) is 0.300. The SMILES string of the molecule is Pc1cccc2c1cnn2C1CC1. The van der Waals surface area contributed by atoms with Gasteiger partial charge in [0.05, 0.1) is 17.8 Å². The zero-order valence-corrected chi connectivity index (χ0v) is 8.43. The molecule has 0 saturated heterocycles.